The number of halogens is 3. The quantitative estimate of drug-likeness (QED) is 0.724. The predicted molar refractivity (Wildman–Crippen MR) is 45.1 cm³/mol. The topological polar surface area (TPSA) is 46.5 Å². The van der Waals surface area contributed by atoms with Gasteiger partial charge in [0.1, 0.15) is 12.2 Å². The zero-order valence-corrected chi connectivity index (χ0v) is 7.99. The molecular weight excluding hydrogens is 213 g/mol. The number of ketones is 1. The Morgan fingerprint density at radius 3 is 2.73 bits per heavy atom. The largest absolute Gasteiger partial charge is 0.394 e. The maximum atomic E-state index is 12.3. The monoisotopic (exact) mass is 224 g/mol. The summed E-state index contributed by atoms with van der Waals surface area (Å²) in [7, 11) is 0. The van der Waals surface area contributed by atoms with Crippen molar-refractivity contribution in [3.63, 3.8) is 0 Å². The molecule has 1 N–H and O–H groups in total. The van der Waals surface area contributed by atoms with Crippen LogP contribution < -0.4 is 0 Å². The van der Waals surface area contributed by atoms with Crippen molar-refractivity contribution in [1.29, 1.82) is 0 Å². The van der Waals surface area contributed by atoms with Crippen molar-refractivity contribution in [2.45, 2.75) is 25.3 Å². The summed E-state index contributed by atoms with van der Waals surface area (Å²) in [6.07, 6.45) is -5.45. The van der Waals surface area contributed by atoms with Gasteiger partial charge in [0.25, 0.3) is 0 Å². The lowest BCUT2D eigenvalue weighted by Gasteiger charge is -2.27. The Balaban J connectivity index is 2.81. The van der Waals surface area contributed by atoms with Crippen LogP contribution in [0.15, 0.2) is 12.2 Å². The molecule has 0 bridgehead atoms. The standard InChI is InChI=1S/C9H11F3O3/c1-5(9(10,11)12)8-7(14)6(13)3-2-4-15-8/h2-3,5,7-8,14H,4H2,1H3. The van der Waals surface area contributed by atoms with Gasteiger partial charge in [-0.15, -0.1) is 0 Å². The number of carbonyl (C=O) groups is 1. The van der Waals surface area contributed by atoms with E-state index in [4.69, 9.17) is 4.74 Å². The van der Waals surface area contributed by atoms with Gasteiger partial charge in [-0.25, -0.2) is 0 Å². The van der Waals surface area contributed by atoms with Crippen molar-refractivity contribution >= 4 is 5.78 Å². The highest BCUT2D eigenvalue weighted by molar-refractivity contribution is 5.94. The molecule has 0 aliphatic carbocycles. The lowest BCUT2D eigenvalue weighted by Crippen LogP contribution is -2.44. The Bertz CT molecular complexity index is 272. The van der Waals surface area contributed by atoms with Crippen LogP contribution in [0.3, 0.4) is 0 Å². The van der Waals surface area contributed by atoms with Gasteiger partial charge in [-0.3, -0.25) is 4.79 Å². The average Bonchev–Trinajstić information content (AvgIpc) is 2.28. The van der Waals surface area contributed by atoms with Crippen LogP contribution in [0, 0.1) is 5.92 Å². The fourth-order valence-corrected chi connectivity index (χ4v) is 1.29. The van der Waals surface area contributed by atoms with Crippen LogP contribution in [-0.4, -0.2) is 35.9 Å². The number of hydrogen-bond donors (Lipinski definition) is 1. The third-order valence-electron chi connectivity index (χ3n) is 2.28. The molecule has 0 radical (unpaired) electrons. The summed E-state index contributed by atoms with van der Waals surface area (Å²) >= 11 is 0. The minimum atomic E-state index is -4.49. The summed E-state index contributed by atoms with van der Waals surface area (Å²) in [5, 5.41) is 9.33. The number of rotatable bonds is 1. The summed E-state index contributed by atoms with van der Waals surface area (Å²) in [4.78, 5) is 11.1. The molecule has 1 rings (SSSR count). The van der Waals surface area contributed by atoms with Gasteiger partial charge in [-0.1, -0.05) is 13.0 Å². The Kier molecular flexibility index (Phi) is 3.51. The Morgan fingerprint density at radius 2 is 2.20 bits per heavy atom. The van der Waals surface area contributed by atoms with Crippen LogP contribution in [0.4, 0.5) is 13.2 Å². The fourth-order valence-electron chi connectivity index (χ4n) is 1.29. The lowest BCUT2D eigenvalue weighted by atomic mass is 9.97. The molecule has 0 aromatic rings. The highest BCUT2D eigenvalue weighted by Crippen LogP contribution is 2.31. The third kappa shape index (κ3) is 2.79. The second-order valence-electron chi connectivity index (χ2n) is 3.38. The normalized spacial score (nSPS) is 30.1. The van der Waals surface area contributed by atoms with Gasteiger partial charge in [0.15, 0.2) is 5.78 Å². The van der Waals surface area contributed by atoms with E-state index in [0.717, 1.165) is 13.0 Å². The first-order chi connectivity index (χ1) is 6.84. The zero-order chi connectivity index (χ0) is 11.6. The third-order valence-corrected chi connectivity index (χ3v) is 2.28. The van der Waals surface area contributed by atoms with Crippen LogP contribution in [0.1, 0.15) is 6.92 Å². The van der Waals surface area contributed by atoms with E-state index in [0.29, 0.717) is 0 Å². The molecule has 1 heterocycles. The highest BCUT2D eigenvalue weighted by Gasteiger charge is 2.46. The van der Waals surface area contributed by atoms with Gasteiger partial charge in [-0.05, 0) is 6.08 Å². The molecule has 3 unspecified atom stereocenters. The smallest absolute Gasteiger partial charge is 0.382 e. The van der Waals surface area contributed by atoms with Crippen LogP contribution in [0.2, 0.25) is 0 Å². The van der Waals surface area contributed by atoms with Crippen LogP contribution in [-0.2, 0) is 9.53 Å². The fraction of sp³-hybridized carbons (Fsp3) is 0.667. The van der Waals surface area contributed by atoms with E-state index in [1.54, 1.807) is 0 Å². The van der Waals surface area contributed by atoms with Crippen molar-refractivity contribution < 1.29 is 27.8 Å². The van der Waals surface area contributed by atoms with E-state index >= 15 is 0 Å². The summed E-state index contributed by atoms with van der Waals surface area (Å²) in [5.74, 6) is -2.63. The van der Waals surface area contributed by atoms with E-state index in [2.05, 4.69) is 0 Å². The van der Waals surface area contributed by atoms with Crippen LogP contribution >= 0.6 is 0 Å². The van der Waals surface area contributed by atoms with Crippen molar-refractivity contribution in [2.75, 3.05) is 6.61 Å². The van der Waals surface area contributed by atoms with Gasteiger partial charge in [-0.2, -0.15) is 13.2 Å². The zero-order valence-electron chi connectivity index (χ0n) is 7.99. The minimum absolute atomic E-state index is 0.103. The Hall–Kier alpha value is -0.880. The first kappa shape index (κ1) is 12.2. The SMILES string of the molecule is CC(C1OCC=CC(=O)C1O)C(F)(F)F. The summed E-state index contributed by atoms with van der Waals surface area (Å²) < 4.78 is 41.8. The van der Waals surface area contributed by atoms with E-state index < -0.39 is 30.1 Å². The lowest BCUT2D eigenvalue weighted by molar-refractivity contribution is -0.212. The number of aliphatic hydroxyl groups excluding tert-OH is 1. The molecule has 0 aromatic carbocycles. The van der Waals surface area contributed by atoms with Crippen LogP contribution in [0.25, 0.3) is 0 Å². The summed E-state index contributed by atoms with van der Waals surface area (Å²) in [6, 6.07) is 0. The first-order valence-corrected chi connectivity index (χ1v) is 4.41. The molecule has 0 saturated heterocycles. The van der Waals surface area contributed by atoms with Gasteiger partial charge in [0.05, 0.1) is 12.5 Å². The molecule has 6 heteroatoms. The van der Waals surface area contributed by atoms with E-state index in [-0.39, 0.29) is 6.61 Å². The van der Waals surface area contributed by atoms with E-state index in [9.17, 15) is 23.1 Å². The molecule has 15 heavy (non-hydrogen) atoms. The van der Waals surface area contributed by atoms with E-state index in [1.807, 2.05) is 0 Å². The maximum Gasteiger partial charge on any atom is 0.394 e. The number of alkyl halides is 3. The Labute approximate surface area is 84.5 Å². The van der Waals surface area contributed by atoms with Crippen molar-refractivity contribution in [1.82, 2.24) is 0 Å². The molecule has 1 aliphatic heterocycles. The van der Waals surface area contributed by atoms with Gasteiger partial charge < -0.3 is 9.84 Å². The van der Waals surface area contributed by atoms with Crippen LogP contribution in [0.5, 0.6) is 0 Å². The predicted octanol–water partition coefficient (Wildman–Crippen LogP) is 1.07. The maximum absolute atomic E-state index is 12.3. The van der Waals surface area contributed by atoms with Crippen molar-refractivity contribution in [2.24, 2.45) is 5.92 Å². The number of aliphatic hydroxyl groups is 1. The molecule has 1 aliphatic rings. The van der Waals surface area contributed by atoms with Gasteiger partial charge in [0, 0.05) is 0 Å². The molecule has 86 valence electrons. The number of ether oxygens (including phenoxy) is 1. The Morgan fingerprint density at radius 1 is 1.60 bits per heavy atom. The molecule has 0 saturated carbocycles. The molecule has 0 spiro atoms. The average molecular weight is 224 g/mol. The highest BCUT2D eigenvalue weighted by atomic mass is 19.4. The molecule has 3 atom stereocenters. The molecular formula is C9H11F3O3. The minimum Gasteiger partial charge on any atom is -0.382 e. The molecule has 0 aromatic heterocycles. The number of carbonyl (C=O) groups excluding carboxylic acids is 1. The summed E-state index contributed by atoms with van der Waals surface area (Å²) in [6.45, 7) is 0.778. The van der Waals surface area contributed by atoms with Crippen molar-refractivity contribution in [3.8, 4) is 0 Å². The second kappa shape index (κ2) is 4.32. The number of hydrogen-bond acceptors (Lipinski definition) is 3. The first-order valence-electron chi connectivity index (χ1n) is 4.41. The van der Waals surface area contributed by atoms with Gasteiger partial charge in [0.2, 0.25) is 0 Å². The molecule has 3 nitrogen and oxygen atoms in total. The second-order valence-corrected chi connectivity index (χ2v) is 3.38. The van der Waals surface area contributed by atoms with Crippen molar-refractivity contribution in [3.05, 3.63) is 12.2 Å². The molecule has 0 fully saturated rings. The van der Waals surface area contributed by atoms with Gasteiger partial charge >= 0.3 is 6.18 Å². The molecule has 0 amide bonds. The van der Waals surface area contributed by atoms with E-state index in [1.165, 1.54) is 6.08 Å². The summed E-state index contributed by atoms with van der Waals surface area (Å²) in [5.41, 5.74) is 0.